The number of thiazole rings is 1. The van der Waals surface area contributed by atoms with Crippen LogP contribution in [0.5, 0.6) is 0 Å². The fraction of sp³-hybridized carbons (Fsp3) is 0.690. The molecular weight excluding hydrogens is 689 g/mol. The molecule has 1 aliphatic heterocycles. The van der Waals surface area contributed by atoms with E-state index in [1.165, 1.54) is 0 Å². The van der Waals surface area contributed by atoms with E-state index in [2.05, 4.69) is 36.3 Å². The van der Waals surface area contributed by atoms with E-state index in [9.17, 15) is 19.2 Å². The molecule has 0 spiro atoms. The lowest BCUT2D eigenvalue weighted by atomic mass is 9.83. The van der Waals surface area contributed by atoms with Gasteiger partial charge in [0.2, 0.25) is 11.8 Å². The van der Waals surface area contributed by atoms with Crippen molar-refractivity contribution in [2.75, 3.05) is 34.9 Å². The fourth-order valence-corrected chi connectivity index (χ4v) is 8.56. The second-order valence-corrected chi connectivity index (χ2v) is 16.8. The third-order valence-corrected chi connectivity index (χ3v) is 12.7. The van der Waals surface area contributed by atoms with Crippen LogP contribution < -0.4 is 5.32 Å². The van der Waals surface area contributed by atoms with Gasteiger partial charge in [0, 0.05) is 70.0 Å². The van der Waals surface area contributed by atoms with E-state index in [4.69, 9.17) is 9.47 Å². The van der Waals surface area contributed by atoms with Gasteiger partial charge in [-0.25, -0.2) is 4.98 Å². The number of nitrogens with one attached hydrogen (secondary N) is 1. The van der Waals surface area contributed by atoms with E-state index >= 15 is 0 Å². The molecule has 1 saturated heterocycles. The van der Waals surface area contributed by atoms with Crippen molar-refractivity contribution in [3.05, 3.63) is 52.5 Å². The maximum absolute atomic E-state index is 14.3. The molecule has 8 atom stereocenters. The van der Waals surface area contributed by atoms with Crippen LogP contribution in [0, 0.1) is 23.7 Å². The molecule has 1 aromatic carbocycles. The predicted octanol–water partition coefficient (Wildman–Crippen LogP) is 6.58. The Labute approximate surface area is 322 Å². The van der Waals surface area contributed by atoms with Crippen molar-refractivity contribution in [1.29, 1.82) is 0 Å². The normalized spacial score (nSPS) is 18.9. The summed E-state index contributed by atoms with van der Waals surface area (Å²) in [5, 5.41) is 5.96. The van der Waals surface area contributed by atoms with Gasteiger partial charge in [0.1, 0.15) is 5.78 Å². The Kier molecular flexibility index (Phi) is 17.3. The van der Waals surface area contributed by atoms with E-state index in [-0.39, 0.29) is 66.1 Å². The van der Waals surface area contributed by atoms with Crippen LogP contribution in [0.25, 0.3) is 0 Å². The number of ketones is 2. The molecule has 1 N–H and O–H groups in total. The fourth-order valence-electron chi connectivity index (χ4n) is 7.81. The van der Waals surface area contributed by atoms with E-state index in [0.717, 1.165) is 29.8 Å². The molecule has 296 valence electrons. The van der Waals surface area contributed by atoms with E-state index in [1.807, 2.05) is 63.1 Å². The zero-order valence-corrected chi connectivity index (χ0v) is 34.9. The molecule has 10 nitrogen and oxygen atoms in total. The molecule has 2 aromatic rings. The number of likely N-dealkylation sites (N-methyl/N-ethyl adjacent to an activating group) is 2. The summed E-state index contributed by atoms with van der Waals surface area (Å²) in [6.45, 7) is 14.2. The van der Waals surface area contributed by atoms with Crippen molar-refractivity contribution >= 4 is 34.7 Å². The van der Waals surface area contributed by atoms with Gasteiger partial charge in [0.25, 0.3) is 0 Å². The minimum atomic E-state index is -0.747. The van der Waals surface area contributed by atoms with Crippen molar-refractivity contribution in [3.8, 4) is 0 Å². The quantitative estimate of drug-likeness (QED) is 0.143. The van der Waals surface area contributed by atoms with Crippen LogP contribution in [0.3, 0.4) is 0 Å². The van der Waals surface area contributed by atoms with Crippen molar-refractivity contribution in [2.45, 2.75) is 129 Å². The first-order valence-electron chi connectivity index (χ1n) is 19.4. The number of hydrogen-bond donors (Lipinski definition) is 1. The smallest absolute Gasteiger partial charge is 0.226 e. The molecule has 11 heteroatoms. The summed E-state index contributed by atoms with van der Waals surface area (Å²) in [6, 6.07) is 9.53. The highest BCUT2D eigenvalue weighted by molar-refractivity contribution is 7.09. The van der Waals surface area contributed by atoms with Crippen molar-refractivity contribution in [3.63, 3.8) is 0 Å². The van der Waals surface area contributed by atoms with Crippen molar-refractivity contribution in [2.24, 2.45) is 23.7 Å². The average molecular weight is 755 g/mol. The van der Waals surface area contributed by atoms with Gasteiger partial charge in [0.15, 0.2) is 5.78 Å². The Morgan fingerprint density at radius 1 is 1.04 bits per heavy atom. The van der Waals surface area contributed by atoms with E-state index in [0.29, 0.717) is 19.4 Å². The summed E-state index contributed by atoms with van der Waals surface area (Å²) in [6.07, 6.45) is 4.33. The minimum absolute atomic E-state index is 0.0191. The van der Waals surface area contributed by atoms with Gasteiger partial charge in [-0.05, 0) is 57.6 Å². The zero-order valence-electron chi connectivity index (χ0n) is 34.1. The molecule has 53 heavy (non-hydrogen) atoms. The molecule has 2 heterocycles. The van der Waals surface area contributed by atoms with Gasteiger partial charge >= 0.3 is 0 Å². The summed E-state index contributed by atoms with van der Waals surface area (Å²) in [5.41, 5.74) is 0.411. The van der Waals surface area contributed by atoms with Crippen LogP contribution in [0.15, 0.2) is 41.9 Å². The molecule has 2 amide bonds. The third-order valence-electron chi connectivity index (χ3n) is 11.8. The molecule has 1 aromatic heterocycles. The van der Waals surface area contributed by atoms with E-state index < -0.39 is 29.6 Å². The topological polar surface area (TPSA) is 118 Å². The molecule has 1 aliphatic rings. The van der Waals surface area contributed by atoms with Crippen molar-refractivity contribution < 1.29 is 28.7 Å². The predicted molar refractivity (Wildman–Crippen MR) is 212 cm³/mol. The number of Topliss-reactive ketones (excluding diaryl/α,β-unsaturated/α-hetero) is 2. The van der Waals surface area contributed by atoms with Crippen LogP contribution in [0.1, 0.15) is 103 Å². The number of ether oxygens (including phenoxy) is 2. The molecule has 0 saturated carbocycles. The van der Waals surface area contributed by atoms with Crippen molar-refractivity contribution in [1.82, 2.24) is 20.1 Å². The van der Waals surface area contributed by atoms with Gasteiger partial charge in [0.05, 0.1) is 41.3 Å². The number of likely N-dealkylation sites (tertiary alicyclic amines) is 1. The monoisotopic (exact) mass is 754 g/mol. The summed E-state index contributed by atoms with van der Waals surface area (Å²) >= 11 is 1.57. The molecule has 3 rings (SSSR count). The first-order chi connectivity index (χ1) is 25.1. The van der Waals surface area contributed by atoms with E-state index in [1.54, 1.807) is 50.7 Å². The van der Waals surface area contributed by atoms with Gasteiger partial charge in [-0.3, -0.25) is 19.2 Å². The van der Waals surface area contributed by atoms with Gasteiger partial charge in [-0.15, -0.1) is 11.3 Å². The van der Waals surface area contributed by atoms with Crippen LogP contribution in [0.2, 0.25) is 0 Å². The zero-order chi connectivity index (χ0) is 39.5. The molecule has 0 radical (unpaired) electrons. The second kappa shape index (κ2) is 20.6. The molecule has 0 bridgehead atoms. The van der Waals surface area contributed by atoms with Gasteiger partial charge < -0.3 is 24.6 Å². The highest BCUT2D eigenvalue weighted by Gasteiger charge is 2.43. The standard InChI is InChI=1S/C42H66N4O6S/c1-12-28(4)38(45(9)41(50)32(27(2)3)25-36(48)42(6,7)43-8)35(51-10)26-37(49)46-21-16-19-33(46)39(52-11)29(5)34(47)24-31(40-44-20-22-53-40)23-30-17-14-13-15-18-30/h13-15,17-18,20,22,27-29,31-33,35,38-39,43H,12,16,19,21,23-26H2,1-11H3/t28-,29-,31+,32-,33-,35+,38-,39+/m0/s1. The number of amides is 2. The largest absolute Gasteiger partial charge is 0.379 e. The van der Waals surface area contributed by atoms with Gasteiger partial charge in [-0.1, -0.05) is 71.4 Å². The number of rotatable bonds is 22. The Balaban J connectivity index is 1.78. The number of carbonyl (C=O) groups excluding carboxylic acids is 4. The second-order valence-electron chi connectivity index (χ2n) is 15.9. The first-order valence-corrected chi connectivity index (χ1v) is 20.3. The van der Waals surface area contributed by atoms with Crippen LogP contribution in [-0.4, -0.2) is 103 Å². The first kappa shape index (κ1) is 44.4. The highest BCUT2D eigenvalue weighted by atomic mass is 32.1. The average Bonchev–Trinajstić information content (AvgIpc) is 3.87. The molecule has 1 fully saturated rings. The maximum Gasteiger partial charge on any atom is 0.226 e. The number of hydrogen-bond acceptors (Lipinski definition) is 9. The van der Waals surface area contributed by atoms with Crippen LogP contribution >= 0.6 is 11.3 Å². The lowest BCUT2D eigenvalue weighted by molar-refractivity contribution is -0.149. The van der Waals surface area contributed by atoms with Crippen LogP contribution in [-0.2, 0) is 35.1 Å². The molecular formula is C42H66N4O6S. The third kappa shape index (κ3) is 11.5. The van der Waals surface area contributed by atoms with Crippen LogP contribution in [0.4, 0.5) is 0 Å². The number of carbonyl (C=O) groups is 4. The number of benzene rings is 1. The number of aromatic nitrogens is 1. The van der Waals surface area contributed by atoms with Gasteiger partial charge in [-0.2, -0.15) is 0 Å². The molecule has 0 aliphatic carbocycles. The lowest BCUT2D eigenvalue weighted by Gasteiger charge is -2.41. The number of nitrogens with zero attached hydrogens (tertiary/aromatic N) is 3. The summed E-state index contributed by atoms with van der Waals surface area (Å²) in [4.78, 5) is 63.8. The Morgan fingerprint density at radius 2 is 1.72 bits per heavy atom. The SMILES string of the molecule is CC[C@H](C)[C@@H]([C@@H](CC(=O)N1CCC[C@H]1[C@H](OC)[C@@H](C)C(=O)C[C@@H](Cc1ccccc1)c1nccs1)OC)N(C)C(=O)[C@@H](CC(=O)C(C)(C)NC)C(C)C. The summed E-state index contributed by atoms with van der Waals surface area (Å²) in [7, 11) is 6.75. The Morgan fingerprint density at radius 3 is 2.26 bits per heavy atom. The Hall–Kier alpha value is -2.99. The lowest BCUT2D eigenvalue weighted by Crippen LogP contribution is -2.54. The maximum atomic E-state index is 14.3. The minimum Gasteiger partial charge on any atom is -0.379 e. The Bertz CT molecular complexity index is 1450. The summed E-state index contributed by atoms with van der Waals surface area (Å²) in [5.74, 6) is -1.14. The summed E-state index contributed by atoms with van der Waals surface area (Å²) < 4.78 is 12.1. The number of methoxy groups -OCH3 is 2. The molecule has 0 unspecified atom stereocenters. The highest BCUT2D eigenvalue weighted by Crippen LogP contribution is 2.33.